The fourth-order valence-electron chi connectivity index (χ4n) is 2.22. The van der Waals surface area contributed by atoms with Crippen molar-refractivity contribution in [3.63, 3.8) is 0 Å². The number of aryl methyl sites for hydroxylation is 2. The van der Waals surface area contributed by atoms with Crippen LogP contribution in [0.2, 0.25) is 0 Å². The molecule has 18 heavy (non-hydrogen) atoms. The van der Waals surface area contributed by atoms with Crippen LogP contribution in [0.25, 0.3) is 10.2 Å². The second-order valence-corrected chi connectivity index (χ2v) is 6.38. The van der Waals surface area contributed by atoms with E-state index in [-0.39, 0.29) is 5.56 Å². The van der Waals surface area contributed by atoms with Gasteiger partial charge in [0.1, 0.15) is 10.7 Å². The Hall–Kier alpha value is -1.20. The summed E-state index contributed by atoms with van der Waals surface area (Å²) in [7, 11) is 0. The maximum absolute atomic E-state index is 12.0. The van der Waals surface area contributed by atoms with Crippen LogP contribution in [-0.4, -0.2) is 16.0 Å². The number of hydrogen-bond acceptors (Lipinski definition) is 4. The van der Waals surface area contributed by atoms with Gasteiger partial charge in [-0.25, -0.2) is 4.98 Å². The summed E-state index contributed by atoms with van der Waals surface area (Å²) in [5, 5.41) is 4.16. The van der Waals surface area contributed by atoms with Crippen molar-refractivity contribution in [2.45, 2.75) is 39.8 Å². The van der Waals surface area contributed by atoms with Crippen molar-refractivity contribution in [1.29, 1.82) is 0 Å². The highest BCUT2D eigenvalue weighted by Crippen LogP contribution is 2.29. The molecule has 1 aliphatic carbocycles. The lowest BCUT2D eigenvalue weighted by atomic mass is 10.2. The van der Waals surface area contributed by atoms with Gasteiger partial charge in [0, 0.05) is 10.9 Å². The van der Waals surface area contributed by atoms with E-state index < -0.39 is 0 Å². The molecular formula is C13H17N3OS. The number of hydrogen-bond donors (Lipinski definition) is 2. The normalized spacial score (nSPS) is 22.6. The van der Waals surface area contributed by atoms with Gasteiger partial charge in [0.2, 0.25) is 0 Å². The van der Waals surface area contributed by atoms with Crippen LogP contribution >= 0.6 is 11.3 Å². The molecule has 5 heteroatoms. The zero-order valence-corrected chi connectivity index (χ0v) is 11.6. The van der Waals surface area contributed by atoms with Crippen LogP contribution < -0.4 is 10.9 Å². The SMILES string of the molecule is Cc1sc2nc(CNC3CC3C)[nH]c(=O)c2c1C. The Kier molecular flexibility index (Phi) is 2.75. The third-order valence-electron chi connectivity index (χ3n) is 3.73. The number of aromatic amines is 1. The number of nitrogens with one attached hydrogen (secondary N) is 2. The molecular weight excluding hydrogens is 246 g/mol. The van der Waals surface area contributed by atoms with Crippen molar-refractivity contribution < 1.29 is 0 Å². The molecule has 1 saturated carbocycles. The van der Waals surface area contributed by atoms with E-state index in [9.17, 15) is 4.79 Å². The van der Waals surface area contributed by atoms with E-state index in [1.807, 2.05) is 13.8 Å². The van der Waals surface area contributed by atoms with Crippen molar-refractivity contribution in [3.8, 4) is 0 Å². The lowest BCUT2D eigenvalue weighted by Gasteiger charge is -2.02. The fraction of sp³-hybridized carbons (Fsp3) is 0.538. The molecule has 1 aliphatic rings. The molecule has 0 spiro atoms. The summed E-state index contributed by atoms with van der Waals surface area (Å²) in [6, 6.07) is 0.595. The van der Waals surface area contributed by atoms with E-state index >= 15 is 0 Å². The third-order valence-corrected chi connectivity index (χ3v) is 4.83. The molecule has 1 fully saturated rings. The molecule has 2 unspecified atom stereocenters. The molecule has 0 amide bonds. The van der Waals surface area contributed by atoms with Crippen molar-refractivity contribution in [3.05, 3.63) is 26.6 Å². The predicted molar refractivity (Wildman–Crippen MR) is 74.1 cm³/mol. The summed E-state index contributed by atoms with van der Waals surface area (Å²) in [4.78, 5) is 21.5. The second kappa shape index (κ2) is 4.17. The average Bonchev–Trinajstić information content (AvgIpc) is 2.93. The minimum absolute atomic E-state index is 0.0116. The summed E-state index contributed by atoms with van der Waals surface area (Å²) < 4.78 is 0. The monoisotopic (exact) mass is 263 g/mol. The van der Waals surface area contributed by atoms with Crippen LogP contribution in [0.3, 0.4) is 0 Å². The van der Waals surface area contributed by atoms with Gasteiger partial charge in [-0.1, -0.05) is 6.92 Å². The second-order valence-electron chi connectivity index (χ2n) is 5.18. The summed E-state index contributed by atoms with van der Waals surface area (Å²) >= 11 is 1.60. The number of aromatic nitrogens is 2. The number of thiophene rings is 1. The quantitative estimate of drug-likeness (QED) is 0.891. The lowest BCUT2D eigenvalue weighted by molar-refractivity contribution is 0.630. The van der Waals surface area contributed by atoms with Crippen LogP contribution in [0.1, 0.15) is 29.6 Å². The summed E-state index contributed by atoms with van der Waals surface area (Å²) in [5.41, 5.74) is 1.04. The molecule has 2 N–H and O–H groups in total. The molecule has 4 nitrogen and oxygen atoms in total. The Labute approximate surface area is 109 Å². The van der Waals surface area contributed by atoms with Gasteiger partial charge in [0.05, 0.1) is 11.9 Å². The Morgan fingerprint density at radius 1 is 1.50 bits per heavy atom. The van der Waals surface area contributed by atoms with Gasteiger partial charge in [0.15, 0.2) is 0 Å². The van der Waals surface area contributed by atoms with E-state index in [0.717, 1.165) is 27.5 Å². The molecule has 0 radical (unpaired) electrons. The highest BCUT2D eigenvalue weighted by molar-refractivity contribution is 7.18. The van der Waals surface area contributed by atoms with Gasteiger partial charge in [-0.3, -0.25) is 4.79 Å². The van der Waals surface area contributed by atoms with Crippen LogP contribution in [0, 0.1) is 19.8 Å². The molecule has 2 heterocycles. The molecule has 0 aromatic carbocycles. The predicted octanol–water partition coefficient (Wildman–Crippen LogP) is 2.10. The molecule has 96 valence electrons. The molecule has 2 atom stereocenters. The number of fused-ring (bicyclic) bond motifs is 1. The van der Waals surface area contributed by atoms with E-state index in [2.05, 4.69) is 22.2 Å². The van der Waals surface area contributed by atoms with E-state index in [4.69, 9.17) is 0 Å². The molecule has 2 aromatic rings. The number of rotatable bonds is 3. The summed E-state index contributed by atoms with van der Waals surface area (Å²) in [6.45, 7) is 6.89. The van der Waals surface area contributed by atoms with Gasteiger partial charge in [-0.2, -0.15) is 0 Å². The summed E-state index contributed by atoms with van der Waals surface area (Å²) in [5.74, 6) is 1.50. The lowest BCUT2D eigenvalue weighted by Crippen LogP contribution is -2.21. The highest BCUT2D eigenvalue weighted by Gasteiger charge is 2.31. The van der Waals surface area contributed by atoms with E-state index in [0.29, 0.717) is 12.6 Å². The van der Waals surface area contributed by atoms with Gasteiger partial charge in [-0.15, -0.1) is 11.3 Å². The highest BCUT2D eigenvalue weighted by atomic mass is 32.1. The molecule has 0 aliphatic heterocycles. The Morgan fingerprint density at radius 2 is 2.22 bits per heavy atom. The van der Waals surface area contributed by atoms with Crippen LogP contribution in [0.5, 0.6) is 0 Å². The van der Waals surface area contributed by atoms with Crippen molar-refractivity contribution in [2.24, 2.45) is 5.92 Å². The molecule has 0 bridgehead atoms. The minimum atomic E-state index is -0.0116. The maximum atomic E-state index is 12.0. The Bertz CT molecular complexity index is 658. The minimum Gasteiger partial charge on any atom is -0.309 e. The van der Waals surface area contributed by atoms with Gasteiger partial charge < -0.3 is 10.3 Å². The van der Waals surface area contributed by atoms with Crippen LogP contribution in [-0.2, 0) is 6.54 Å². The van der Waals surface area contributed by atoms with Crippen molar-refractivity contribution in [1.82, 2.24) is 15.3 Å². The van der Waals surface area contributed by atoms with Crippen molar-refractivity contribution in [2.75, 3.05) is 0 Å². The molecule has 3 rings (SSSR count). The molecule has 2 aromatic heterocycles. The summed E-state index contributed by atoms with van der Waals surface area (Å²) in [6.07, 6.45) is 1.23. The van der Waals surface area contributed by atoms with Gasteiger partial charge in [-0.05, 0) is 31.7 Å². The standard InChI is InChI=1S/C13H17N3OS/c1-6-4-9(6)14-5-10-15-12(17)11-7(2)8(3)18-13(11)16-10/h6,9,14H,4-5H2,1-3H3,(H,15,16,17). The first kappa shape index (κ1) is 11.9. The zero-order valence-electron chi connectivity index (χ0n) is 10.8. The smallest absolute Gasteiger partial charge is 0.259 e. The van der Waals surface area contributed by atoms with Crippen LogP contribution in [0.15, 0.2) is 4.79 Å². The first-order chi connectivity index (χ1) is 8.56. The largest absolute Gasteiger partial charge is 0.309 e. The van der Waals surface area contributed by atoms with Crippen molar-refractivity contribution >= 4 is 21.6 Å². The van der Waals surface area contributed by atoms with E-state index in [1.54, 1.807) is 11.3 Å². The maximum Gasteiger partial charge on any atom is 0.259 e. The fourth-order valence-corrected chi connectivity index (χ4v) is 3.27. The number of H-pyrrole nitrogens is 1. The zero-order chi connectivity index (χ0) is 12.9. The average molecular weight is 263 g/mol. The Balaban J connectivity index is 1.92. The topological polar surface area (TPSA) is 57.8 Å². The van der Waals surface area contributed by atoms with Gasteiger partial charge >= 0.3 is 0 Å². The van der Waals surface area contributed by atoms with Gasteiger partial charge in [0.25, 0.3) is 5.56 Å². The Morgan fingerprint density at radius 3 is 2.89 bits per heavy atom. The number of nitrogens with zero attached hydrogens (tertiary/aromatic N) is 1. The first-order valence-electron chi connectivity index (χ1n) is 6.28. The molecule has 0 saturated heterocycles. The third kappa shape index (κ3) is 1.97. The first-order valence-corrected chi connectivity index (χ1v) is 7.10. The van der Waals surface area contributed by atoms with E-state index in [1.165, 1.54) is 11.3 Å². The van der Waals surface area contributed by atoms with Crippen LogP contribution in [0.4, 0.5) is 0 Å².